The van der Waals surface area contributed by atoms with Crippen molar-refractivity contribution in [3.63, 3.8) is 0 Å². The molecule has 0 aliphatic carbocycles. The third kappa shape index (κ3) is 6.31. The van der Waals surface area contributed by atoms with Crippen molar-refractivity contribution < 1.29 is 33.3 Å². The minimum absolute atomic E-state index is 0.108. The highest BCUT2D eigenvalue weighted by Crippen LogP contribution is 2.40. The molecule has 2 aromatic carbocycles. The quantitative estimate of drug-likeness (QED) is 0.474. The standard InChI is InChI=1S/C28H37N3O7/c1-5-35-24-16-20(17-25(36-6-2)26(24)37-7-3)27(32)29-21-8-9-23-22(18-21)31(28(33)19(4)38-23)11-10-30-12-14-34-15-13-30/h8-9,16-19H,5-7,10-15H2,1-4H3,(H,29,32). The van der Waals surface area contributed by atoms with Gasteiger partial charge in [0, 0.05) is 37.4 Å². The first-order valence-corrected chi connectivity index (χ1v) is 13.2. The maximum atomic E-state index is 13.3. The van der Waals surface area contributed by atoms with Crippen molar-refractivity contribution in [3.8, 4) is 23.0 Å². The molecule has 10 nitrogen and oxygen atoms in total. The van der Waals surface area contributed by atoms with Crippen LogP contribution in [0.5, 0.6) is 23.0 Å². The van der Waals surface area contributed by atoms with Crippen LogP contribution in [0.3, 0.4) is 0 Å². The van der Waals surface area contributed by atoms with Gasteiger partial charge in [-0.15, -0.1) is 0 Å². The predicted molar refractivity (Wildman–Crippen MR) is 144 cm³/mol. The minimum Gasteiger partial charge on any atom is -0.490 e. The molecule has 1 unspecified atom stereocenters. The van der Waals surface area contributed by atoms with E-state index in [1.807, 2.05) is 20.8 Å². The normalized spacial score (nSPS) is 17.4. The van der Waals surface area contributed by atoms with Crippen molar-refractivity contribution in [1.82, 2.24) is 4.90 Å². The molecule has 2 aliphatic rings. The lowest BCUT2D eigenvalue weighted by molar-refractivity contribution is -0.125. The molecule has 0 aromatic heterocycles. The first kappa shape index (κ1) is 27.5. The fraction of sp³-hybridized carbons (Fsp3) is 0.500. The number of rotatable bonds is 11. The Kier molecular flexibility index (Phi) is 9.30. The third-order valence-electron chi connectivity index (χ3n) is 6.34. The van der Waals surface area contributed by atoms with Crippen molar-refractivity contribution in [2.45, 2.75) is 33.8 Å². The van der Waals surface area contributed by atoms with Crippen LogP contribution in [0.25, 0.3) is 0 Å². The number of nitrogens with one attached hydrogen (secondary N) is 1. The summed E-state index contributed by atoms with van der Waals surface area (Å²) in [4.78, 5) is 30.4. The molecule has 2 aromatic rings. The molecular weight excluding hydrogens is 490 g/mol. The summed E-state index contributed by atoms with van der Waals surface area (Å²) in [6, 6.07) is 8.62. The average Bonchev–Trinajstić information content (AvgIpc) is 2.91. The Bertz CT molecular complexity index is 1110. The van der Waals surface area contributed by atoms with E-state index in [2.05, 4.69) is 10.2 Å². The van der Waals surface area contributed by atoms with Crippen LogP contribution in [-0.2, 0) is 9.53 Å². The van der Waals surface area contributed by atoms with Crippen molar-refractivity contribution in [3.05, 3.63) is 35.9 Å². The maximum absolute atomic E-state index is 13.3. The molecule has 1 fully saturated rings. The number of carbonyl (C=O) groups excluding carboxylic acids is 2. The van der Waals surface area contributed by atoms with Gasteiger partial charge in [0.2, 0.25) is 5.75 Å². The van der Waals surface area contributed by atoms with Crippen molar-refractivity contribution >= 4 is 23.2 Å². The van der Waals surface area contributed by atoms with Crippen molar-refractivity contribution in [1.29, 1.82) is 0 Å². The van der Waals surface area contributed by atoms with Crippen molar-refractivity contribution in [2.24, 2.45) is 0 Å². The Labute approximate surface area is 223 Å². The topological polar surface area (TPSA) is 98.8 Å². The van der Waals surface area contributed by atoms with Gasteiger partial charge < -0.3 is 33.9 Å². The van der Waals surface area contributed by atoms with E-state index in [0.717, 1.165) is 19.6 Å². The molecule has 2 amide bonds. The SMILES string of the molecule is CCOc1cc(C(=O)Nc2ccc3c(c2)N(CCN2CCOCC2)C(=O)C(C)O3)cc(OCC)c1OCC. The maximum Gasteiger partial charge on any atom is 0.267 e. The van der Waals surface area contributed by atoms with Crippen LogP contribution in [0, 0.1) is 0 Å². The predicted octanol–water partition coefficient (Wildman–Crippen LogP) is 3.58. The summed E-state index contributed by atoms with van der Waals surface area (Å²) in [5.41, 5.74) is 1.54. The number of hydrogen-bond acceptors (Lipinski definition) is 8. The van der Waals surface area contributed by atoms with E-state index in [9.17, 15) is 9.59 Å². The molecule has 4 rings (SSSR count). The number of anilines is 2. The highest BCUT2D eigenvalue weighted by atomic mass is 16.5. The number of nitrogens with zero attached hydrogens (tertiary/aromatic N) is 2. The summed E-state index contributed by atoms with van der Waals surface area (Å²) in [5, 5.41) is 2.94. The molecule has 0 saturated carbocycles. The lowest BCUT2D eigenvalue weighted by Gasteiger charge is -2.35. The summed E-state index contributed by atoms with van der Waals surface area (Å²) < 4.78 is 28.5. The summed E-state index contributed by atoms with van der Waals surface area (Å²) in [7, 11) is 0. The number of hydrogen-bond donors (Lipinski definition) is 1. The smallest absolute Gasteiger partial charge is 0.267 e. The number of ether oxygens (including phenoxy) is 5. The summed E-state index contributed by atoms with van der Waals surface area (Å²) >= 11 is 0. The number of carbonyl (C=O) groups is 2. The van der Waals surface area contributed by atoms with Crippen LogP contribution >= 0.6 is 0 Å². The minimum atomic E-state index is -0.578. The largest absolute Gasteiger partial charge is 0.490 e. The second-order valence-electron chi connectivity index (χ2n) is 8.94. The van der Waals surface area contributed by atoms with Crippen LogP contribution in [0.15, 0.2) is 30.3 Å². The van der Waals surface area contributed by atoms with Crippen molar-refractivity contribution in [2.75, 3.05) is 69.4 Å². The fourth-order valence-corrected chi connectivity index (χ4v) is 4.50. The number of amides is 2. The van der Waals surface area contributed by atoms with Gasteiger partial charge in [-0.1, -0.05) is 0 Å². The van der Waals surface area contributed by atoms with Gasteiger partial charge in [0.15, 0.2) is 17.6 Å². The second-order valence-corrected chi connectivity index (χ2v) is 8.94. The van der Waals surface area contributed by atoms with Gasteiger partial charge >= 0.3 is 0 Å². The Morgan fingerprint density at radius 1 is 0.974 bits per heavy atom. The van der Waals surface area contributed by atoms with Gasteiger partial charge in [-0.05, 0) is 58.0 Å². The zero-order valence-electron chi connectivity index (χ0n) is 22.6. The van der Waals surface area contributed by atoms with Gasteiger partial charge in [-0.3, -0.25) is 14.5 Å². The van der Waals surface area contributed by atoms with Crippen LogP contribution in [0.4, 0.5) is 11.4 Å². The third-order valence-corrected chi connectivity index (χ3v) is 6.34. The lowest BCUT2D eigenvalue weighted by atomic mass is 10.1. The van der Waals surface area contributed by atoms with E-state index in [4.69, 9.17) is 23.7 Å². The average molecular weight is 528 g/mol. The van der Waals surface area contributed by atoms with E-state index in [0.29, 0.717) is 79.5 Å². The molecule has 10 heteroatoms. The van der Waals surface area contributed by atoms with E-state index in [1.165, 1.54) is 0 Å². The monoisotopic (exact) mass is 527 g/mol. The van der Waals surface area contributed by atoms with Crippen LogP contribution in [-0.4, -0.2) is 82.0 Å². The highest BCUT2D eigenvalue weighted by Gasteiger charge is 2.32. The lowest BCUT2D eigenvalue weighted by Crippen LogP contribution is -2.48. The number of benzene rings is 2. The zero-order valence-corrected chi connectivity index (χ0v) is 22.6. The van der Waals surface area contributed by atoms with E-state index < -0.39 is 6.10 Å². The van der Waals surface area contributed by atoms with Gasteiger partial charge in [-0.2, -0.15) is 0 Å². The van der Waals surface area contributed by atoms with Gasteiger partial charge in [0.25, 0.3) is 11.8 Å². The van der Waals surface area contributed by atoms with Crippen LogP contribution < -0.4 is 29.2 Å². The Morgan fingerprint density at radius 2 is 1.63 bits per heavy atom. The van der Waals surface area contributed by atoms with Gasteiger partial charge in [-0.25, -0.2) is 0 Å². The molecule has 206 valence electrons. The molecular formula is C28H37N3O7. The molecule has 2 heterocycles. The van der Waals surface area contributed by atoms with E-state index in [1.54, 1.807) is 42.2 Å². The van der Waals surface area contributed by atoms with Crippen LogP contribution in [0.1, 0.15) is 38.1 Å². The molecule has 0 bridgehead atoms. The molecule has 0 spiro atoms. The Balaban J connectivity index is 1.57. The highest BCUT2D eigenvalue weighted by molar-refractivity contribution is 6.06. The Hall–Kier alpha value is -3.50. The first-order chi connectivity index (χ1) is 18.4. The van der Waals surface area contributed by atoms with Crippen LogP contribution in [0.2, 0.25) is 0 Å². The molecule has 1 N–H and O–H groups in total. The molecule has 2 aliphatic heterocycles. The summed E-state index contributed by atoms with van der Waals surface area (Å²) in [6.45, 7) is 12.9. The van der Waals surface area contributed by atoms with E-state index in [-0.39, 0.29) is 11.8 Å². The van der Waals surface area contributed by atoms with Gasteiger partial charge in [0.1, 0.15) is 5.75 Å². The van der Waals surface area contributed by atoms with Gasteiger partial charge in [0.05, 0.1) is 38.7 Å². The fourth-order valence-electron chi connectivity index (χ4n) is 4.50. The number of fused-ring (bicyclic) bond motifs is 1. The molecule has 38 heavy (non-hydrogen) atoms. The van der Waals surface area contributed by atoms with E-state index >= 15 is 0 Å². The zero-order chi connectivity index (χ0) is 27.1. The molecule has 1 saturated heterocycles. The molecule has 1 atom stereocenters. The summed E-state index contributed by atoms with van der Waals surface area (Å²) in [6.07, 6.45) is -0.578. The number of morpholine rings is 1. The summed E-state index contributed by atoms with van der Waals surface area (Å²) in [5.74, 6) is 1.52. The Morgan fingerprint density at radius 3 is 2.26 bits per heavy atom. The second kappa shape index (κ2) is 12.8. The first-order valence-electron chi connectivity index (χ1n) is 13.2. The molecule has 0 radical (unpaired) electrons.